The second kappa shape index (κ2) is 3.85. The quantitative estimate of drug-likeness (QED) is 0.612. The Morgan fingerprint density at radius 2 is 2.45 bits per heavy atom. The minimum Gasteiger partial charge on any atom is -0.331 e. The highest BCUT2D eigenvalue weighted by Gasteiger charge is 2.02. The maximum atomic E-state index is 10.1. The first kappa shape index (κ1) is 7.91. The Kier molecular flexibility index (Phi) is 2.77. The maximum absolute atomic E-state index is 10.1. The molecule has 4 heteroatoms. The van der Waals surface area contributed by atoms with Crippen LogP contribution in [-0.2, 0) is 6.42 Å². The lowest BCUT2D eigenvalue weighted by Crippen LogP contribution is -1.87. The maximum Gasteiger partial charge on any atom is 0.290 e. The van der Waals surface area contributed by atoms with Crippen molar-refractivity contribution in [2.24, 2.45) is 0 Å². The Morgan fingerprint density at radius 1 is 1.64 bits per heavy atom. The van der Waals surface area contributed by atoms with Crippen molar-refractivity contribution in [3.8, 4) is 0 Å². The van der Waals surface area contributed by atoms with E-state index < -0.39 is 0 Å². The molecule has 0 amide bonds. The van der Waals surface area contributed by atoms with Crippen LogP contribution < -0.4 is 0 Å². The Hall–Kier alpha value is -1.19. The van der Waals surface area contributed by atoms with E-state index in [0.717, 1.165) is 19.3 Å². The van der Waals surface area contributed by atoms with Crippen LogP contribution in [0.1, 0.15) is 36.3 Å². The van der Waals surface area contributed by atoms with Crippen molar-refractivity contribution in [2.45, 2.75) is 26.2 Å². The summed E-state index contributed by atoms with van der Waals surface area (Å²) in [6.45, 7) is 2.08. The van der Waals surface area contributed by atoms with Gasteiger partial charge in [0, 0.05) is 6.42 Å². The van der Waals surface area contributed by atoms with Crippen molar-refractivity contribution in [1.29, 1.82) is 0 Å². The van der Waals surface area contributed by atoms with Crippen LogP contribution in [0.3, 0.4) is 0 Å². The normalized spacial score (nSPS) is 9.91. The van der Waals surface area contributed by atoms with Crippen molar-refractivity contribution in [1.82, 2.24) is 10.1 Å². The first-order valence-electron chi connectivity index (χ1n) is 3.64. The number of nitrogens with zero attached hydrogens (tertiary/aromatic N) is 2. The van der Waals surface area contributed by atoms with Gasteiger partial charge in [-0.15, -0.1) is 0 Å². The van der Waals surface area contributed by atoms with Gasteiger partial charge in [-0.05, 0) is 6.42 Å². The molecule has 1 aromatic rings. The molecular weight excluding hydrogens is 144 g/mol. The lowest BCUT2D eigenvalue weighted by atomic mass is 10.2. The fourth-order valence-corrected chi connectivity index (χ4v) is 0.752. The molecule has 0 aliphatic carbocycles. The second-order valence-electron chi connectivity index (χ2n) is 2.27. The molecule has 60 valence electrons. The first-order chi connectivity index (χ1) is 5.36. The summed E-state index contributed by atoms with van der Waals surface area (Å²) >= 11 is 0. The van der Waals surface area contributed by atoms with Crippen molar-refractivity contribution in [3.63, 3.8) is 0 Å². The first-order valence-corrected chi connectivity index (χ1v) is 3.64. The molecule has 0 spiro atoms. The van der Waals surface area contributed by atoms with Crippen LogP contribution in [0.4, 0.5) is 0 Å². The van der Waals surface area contributed by atoms with E-state index in [-0.39, 0.29) is 5.89 Å². The van der Waals surface area contributed by atoms with E-state index >= 15 is 0 Å². The monoisotopic (exact) mass is 154 g/mol. The van der Waals surface area contributed by atoms with Crippen LogP contribution in [0, 0.1) is 0 Å². The van der Waals surface area contributed by atoms with Gasteiger partial charge in [0.15, 0.2) is 5.82 Å². The molecule has 11 heavy (non-hydrogen) atoms. The second-order valence-corrected chi connectivity index (χ2v) is 2.27. The third-order valence-corrected chi connectivity index (χ3v) is 1.34. The molecule has 0 aliphatic rings. The number of carbonyl (C=O) groups is 1. The van der Waals surface area contributed by atoms with Crippen LogP contribution in [0.25, 0.3) is 0 Å². The van der Waals surface area contributed by atoms with Gasteiger partial charge in [0.05, 0.1) is 0 Å². The van der Waals surface area contributed by atoms with Crippen molar-refractivity contribution in [2.75, 3.05) is 0 Å². The van der Waals surface area contributed by atoms with Crippen molar-refractivity contribution in [3.05, 3.63) is 11.7 Å². The molecule has 1 rings (SSSR count). The summed E-state index contributed by atoms with van der Waals surface area (Å²) in [6, 6.07) is 0. The standard InChI is InChI=1S/C7H10N2O2/c1-2-3-4-6-8-7(5-10)11-9-6/h5H,2-4H2,1H3. The van der Waals surface area contributed by atoms with E-state index in [1.54, 1.807) is 0 Å². The highest BCUT2D eigenvalue weighted by Crippen LogP contribution is 1.99. The van der Waals surface area contributed by atoms with Gasteiger partial charge in [0.2, 0.25) is 6.29 Å². The third-order valence-electron chi connectivity index (χ3n) is 1.34. The van der Waals surface area contributed by atoms with Gasteiger partial charge < -0.3 is 4.52 Å². The lowest BCUT2D eigenvalue weighted by molar-refractivity contribution is 0.108. The average Bonchev–Trinajstić information content (AvgIpc) is 2.48. The Morgan fingerprint density at radius 3 is 3.00 bits per heavy atom. The van der Waals surface area contributed by atoms with E-state index in [4.69, 9.17) is 0 Å². The Bertz CT molecular complexity index is 232. The number of aromatic nitrogens is 2. The predicted molar refractivity (Wildman–Crippen MR) is 38.3 cm³/mol. The number of hydrogen-bond acceptors (Lipinski definition) is 4. The minimum atomic E-state index is 0.0658. The van der Waals surface area contributed by atoms with E-state index in [1.165, 1.54) is 0 Å². The summed E-state index contributed by atoms with van der Waals surface area (Å²) in [7, 11) is 0. The third kappa shape index (κ3) is 2.14. The van der Waals surface area contributed by atoms with E-state index in [1.807, 2.05) is 0 Å². The topological polar surface area (TPSA) is 56.0 Å². The molecule has 0 saturated carbocycles. The Balaban J connectivity index is 2.51. The summed E-state index contributed by atoms with van der Waals surface area (Å²) in [5.74, 6) is 0.685. The number of hydrogen-bond donors (Lipinski definition) is 0. The summed E-state index contributed by atoms with van der Waals surface area (Å²) in [6.07, 6.45) is 3.46. The number of aldehydes is 1. The molecule has 1 aromatic heterocycles. The SMILES string of the molecule is CCCCc1noc(C=O)n1. The fraction of sp³-hybridized carbons (Fsp3) is 0.571. The molecule has 0 radical (unpaired) electrons. The van der Waals surface area contributed by atoms with Gasteiger partial charge in [0.1, 0.15) is 0 Å². The zero-order chi connectivity index (χ0) is 8.10. The molecular formula is C7H10N2O2. The smallest absolute Gasteiger partial charge is 0.290 e. The number of carbonyl (C=O) groups excluding carboxylic acids is 1. The van der Waals surface area contributed by atoms with E-state index in [0.29, 0.717) is 12.1 Å². The zero-order valence-electron chi connectivity index (χ0n) is 6.41. The van der Waals surface area contributed by atoms with Crippen LogP contribution in [0.15, 0.2) is 4.52 Å². The molecule has 1 heterocycles. The zero-order valence-corrected chi connectivity index (χ0v) is 6.41. The molecule has 0 aliphatic heterocycles. The summed E-state index contributed by atoms with van der Waals surface area (Å²) in [5.41, 5.74) is 0. The number of rotatable bonds is 4. The van der Waals surface area contributed by atoms with Gasteiger partial charge in [0.25, 0.3) is 5.89 Å². The molecule has 0 N–H and O–H groups in total. The van der Waals surface area contributed by atoms with Gasteiger partial charge in [-0.2, -0.15) is 4.98 Å². The van der Waals surface area contributed by atoms with Crippen molar-refractivity contribution < 1.29 is 9.32 Å². The Labute approximate surface area is 64.6 Å². The molecule has 0 fully saturated rings. The largest absolute Gasteiger partial charge is 0.331 e. The van der Waals surface area contributed by atoms with E-state index in [2.05, 4.69) is 21.6 Å². The van der Waals surface area contributed by atoms with Gasteiger partial charge in [-0.1, -0.05) is 18.5 Å². The van der Waals surface area contributed by atoms with E-state index in [9.17, 15) is 4.79 Å². The summed E-state index contributed by atoms with van der Waals surface area (Å²) in [4.78, 5) is 13.9. The molecule has 4 nitrogen and oxygen atoms in total. The highest BCUT2D eigenvalue weighted by atomic mass is 16.5. The van der Waals surface area contributed by atoms with Gasteiger partial charge in [-0.3, -0.25) is 4.79 Å². The summed E-state index contributed by atoms with van der Waals surface area (Å²) in [5, 5.41) is 3.61. The molecule has 0 aromatic carbocycles. The van der Waals surface area contributed by atoms with Crippen molar-refractivity contribution >= 4 is 6.29 Å². The van der Waals surface area contributed by atoms with Crippen LogP contribution in [0.5, 0.6) is 0 Å². The highest BCUT2D eigenvalue weighted by molar-refractivity contribution is 5.66. The number of aryl methyl sites for hydroxylation is 1. The summed E-state index contributed by atoms with van der Waals surface area (Å²) < 4.78 is 4.58. The van der Waals surface area contributed by atoms with Crippen LogP contribution in [-0.4, -0.2) is 16.4 Å². The predicted octanol–water partition coefficient (Wildman–Crippen LogP) is 1.22. The molecule has 0 atom stereocenters. The lowest BCUT2D eigenvalue weighted by Gasteiger charge is -1.86. The molecule has 0 unspecified atom stereocenters. The molecule has 0 saturated heterocycles. The van der Waals surface area contributed by atoms with Crippen LogP contribution >= 0.6 is 0 Å². The minimum absolute atomic E-state index is 0.0658. The number of unbranched alkanes of at least 4 members (excludes halogenated alkanes) is 1. The average molecular weight is 154 g/mol. The van der Waals surface area contributed by atoms with Crippen LogP contribution in [0.2, 0.25) is 0 Å². The van der Waals surface area contributed by atoms with Gasteiger partial charge >= 0.3 is 0 Å². The molecule has 0 bridgehead atoms. The fourth-order valence-electron chi connectivity index (χ4n) is 0.752. The van der Waals surface area contributed by atoms with Gasteiger partial charge in [-0.25, -0.2) is 0 Å².